The fraction of sp³-hybridized carbons (Fsp3) is 0.364. The Bertz CT molecular complexity index is 904. The third-order valence-corrected chi connectivity index (χ3v) is 5.63. The molecule has 2 heterocycles. The van der Waals surface area contributed by atoms with Crippen LogP contribution in [0.25, 0.3) is 0 Å². The summed E-state index contributed by atoms with van der Waals surface area (Å²) in [7, 11) is 0. The van der Waals surface area contributed by atoms with Gasteiger partial charge in [0.15, 0.2) is 0 Å². The van der Waals surface area contributed by atoms with E-state index < -0.39 is 0 Å². The number of nitrogens with zero attached hydrogens (tertiary/aromatic N) is 2. The van der Waals surface area contributed by atoms with Crippen LogP contribution in [0.4, 0.5) is 10.5 Å². The third-order valence-electron chi connectivity index (χ3n) is 5.40. The average Bonchev–Trinajstić information content (AvgIpc) is 2.99. The monoisotopic (exact) mass is 413 g/mol. The van der Waals surface area contributed by atoms with Gasteiger partial charge in [-0.05, 0) is 42.7 Å². The molecule has 1 saturated heterocycles. The number of rotatable bonds is 2. The Balaban J connectivity index is 1.34. The van der Waals surface area contributed by atoms with Crippen molar-refractivity contribution in [2.75, 3.05) is 38.1 Å². The van der Waals surface area contributed by atoms with Crippen LogP contribution < -0.4 is 10.1 Å². The smallest absolute Gasteiger partial charge is 0.321 e. The number of ether oxygens (including phenoxy) is 1. The largest absolute Gasteiger partial charge is 0.492 e. The highest BCUT2D eigenvalue weighted by molar-refractivity contribution is 6.30. The van der Waals surface area contributed by atoms with Crippen LogP contribution in [0.5, 0.6) is 5.75 Å². The average molecular weight is 414 g/mol. The Kier molecular flexibility index (Phi) is 5.90. The van der Waals surface area contributed by atoms with E-state index in [9.17, 15) is 9.59 Å². The predicted octanol–water partition coefficient (Wildman–Crippen LogP) is 3.66. The van der Waals surface area contributed by atoms with Crippen LogP contribution in [0.15, 0.2) is 48.5 Å². The minimum atomic E-state index is -0.170. The SMILES string of the molecule is O=C(Nc1cccc(Cl)c1)N1CCCN(C(=O)[C@H]2COc3ccccc3C2)CC1. The zero-order valence-corrected chi connectivity index (χ0v) is 16.9. The maximum atomic E-state index is 13.0. The van der Waals surface area contributed by atoms with E-state index in [1.54, 1.807) is 29.2 Å². The van der Waals surface area contributed by atoms with E-state index in [0.717, 1.165) is 17.7 Å². The second-order valence-electron chi connectivity index (χ2n) is 7.43. The van der Waals surface area contributed by atoms with Crippen LogP contribution in [-0.4, -0.2) is 54.5 Å². The molecule has 0 radical (unpaired) electrons. The van der Waals surface area contributed by atoms with Crippen LogP contribution in [0.1, 0.15) is 12.0 Å². The highest BCUT2D eigenvalue weighted by Crippen LogP contribution is 2.28. The summed E-state index contributed by atoms with van der Waals surface area (Å²) < 4.78 is 5.78. The molecule has 152 valence electrons. The minimum absolute atomic E-state index is 0.108. The molecule has 1 atom stereocenters. The van der Waals surface area contributed by atoms with E-state index in [4.69, 9.17) is 16.3 Å². The molecule has 6 nitrogen and oxygen atoms in total. The van der Waals surface area contributed by atoms with Crippen LogP contribution >= 0.6 is 11.6 Å². The molecule has 1 fully saturated rings. The molecule has 29 heavy (non-hydrogen) atoms. The number of hydrogen-bond acceptors (Lipinski definition) is 3. The van der Waals surface area contributed by atoms with Crippen molar-refractivity contribution in [3.05, 3.63) is 59.1 Å². The number of carbonyl (C=O) groups excluding carboxylic acids is 2. The third kappa shape index (κ3) is 4.65. The molecular weight excluding hydrogens is 390 g/mol. The topological polar surface area (TPSA) is 61.9 Å². The molecule has 7 heteroatoms. The van der Waals surface area contributed by atoms with Crippen molar-refractivity contribution in [2.45, 2.75) is 12.8 Å². The van der Waals surface area contributed by atoms with Crippen LogP contribution in [0.2, 0.25) is 5.02 Å². The Labute approximate surface area is 175 Å². The van der Waals surface area contributed by atoms with Crippen LogP contribution in [-0.2, 0) is 11.2 Å². The number of fused-ring (bicyclic) bond motifs is 1. The molecule has 0 bridgehead atoms. The Morgan fingerprint density at radius 3 is 2.66 bits per heavy atom. The normalized spacial score (nSPS) is 19.0. The lowest BCUT2D eigenvalue weighted by molar-refractivity contribution is -0.136. The Hall–Kier alpha value is -2.73. The van der Waals surface area contributed by atoms with Gasteiger partial charge < -0.3 is 19.9 Å². The second kappa shape index (κ2) is 8.74. The molecule has 0 aromatic heterocycles. The highest BCUT2D eigenvalue weighted by atomic mass is 35.5. The quantitative estimate of drug-likeness (QED) is 0.817. The Morgan fingerprint density at radius 1 is 1.00 bits per heavy atom. The fourth-order valence-corrected chi connectivity index (χ4v) is 4.04. The number of urea groups is 1. The van der Waals surface area contributed by atoms with Crippen molar-refractivity contribution in [3.63, 3.8) is 0 Å². The maximum absolute atomic E-state index is 13.0. The molecule has 2 aliphatic rings. The molecule has 0 spiro atoms. The van der Waals surface area contributed by atoms with E-state index in [1.165, 1.54) is 0 Å². The zero-order chi connectivity index (χ0) is 20.2. The number of anilines is 1. The summed E-state index contributed by atoms with van der Waals surface area (Å²) in [5, 5.41) is 3.45. The van der Waals surface area contributed by atoms with E-state index in [1.807, 2.05) is 29.2 Å². The van der Waals surface area contributed by atoms with Gasteiger partial charge in [0.2, 0.25) is 5.91 Å². The lowest BCUT2D eigenvalue weighted by Crippen LogP contribution is -2.43. The molecule has 0 unspecified atom stereocenters. The van der Waals surface area contributed by atoms with E-state index in [-0.39, 0.29) is 17.9 Å². The first kappa shape index (κ1) is 19.6. The molecule has 0 saturated carbocycles. The summed E-state index contributed by atoms with van der Waals surface area (Å²) in [6, 6.07) is 14.8. The standard InChI is InChI=1S/C22H24ClN3O3/c23-18-6-3-7-19(14-18)24-22(28)26-10-4-9-25(11-12-26)21(27)17-13-16-5-1-2-8-20(16)29-15-17/h1-3,5-8,14,17H,4,9-13,15H2,(H,24,28)/t17-/m1/s1. The van der Waals surface area contributed by atoms with Crippen LogP contribution in [0, 0.1) is 5.92 Å². The number of amides is 3. The lowest BCUT2D eigenvalue weighted by Gasteiger charge is -2.29. The van der Waals surface area contributed by atoms with Gasteiger partial charge in [0, 0.05) is 36.9 Å². The van der Waals surface area contributed by atoms with E-state index >= 15 is 0 Å². The molecule has 2 aromatic carbocycles. The van der Waals surface area contributed by atoms with Gasteiger partial charge in [0.25, 0.3) is 0 Å². The van der Waals surface area contributed by atoms with Gasteiger partial charge in [-0.2, -0.15) is 0 Å². The minimum Gasteiger partial charge on any atom is -0.492 e. The first-order valence-electron chi connectivity index (χ1n) is 9.91. The summed E-state index contributed by atoms with van der Waals surface area (Å²) in [6.07, 6.45) is 1.45. The summed E-state index contributed by atoms with van der Waals surface area (Å²) >= 11 is 5.98. The second-order valence-corrected chi connectivity index (χ2v) is 7.86. The zero-order valence-electron chi connectivity index (χ0n) is 16.1. The van der Waals surface area contributed by atoms with Crippen molar-refractivity contribution in [3.8, 4) is 5.75 Å². The van der Waals surface area contributed by atoms with Crippen molar-refractivity contribution < 1.29 is 14.3 Å². The molecule has 0 aliphatic carbocycles. The van der Waals surface area contributed by atoms with E-state index in [2.05, 4.69) is 5.32 Å². The Morgan fingerprint density at radius 2 is 1.79 bits per heavy atom. The number of para-hydroxylation sites is 1. The van der Waals surface area contributed by atoms with Gasteiger partial charge in [0.1, 0.15) is 12.4 Å². The highest BCUT2D eigenvalue weighted by Gasteiger charge is 2.31. The van der Waals surface area contributed by atoms with Crippen LogP contribution in [0.3, 0.4) is 0 Å². The number of benzene rings is 2. The fourth-order valence-electron chi connectivity index (χ4n) is 3.85. The van der Waals surface area contributed by atoms with Crippen molar-refractivity contribution in [1.29, 1.82) is 0 Å². The first-order chi connectivity index (χ1) is 14.1. The predicted molar refractivity (Wildman–Crippen MR) is 112 cm³/mol. The molecular formula is C22H24ClN3O3. The first-order valence-corrected chi connectivity index (χ1v) is 10.3. The molecule has 2 aromatic rings. The maximum Gasteiger partial charge on any atom is 0.321 e. The van der Waals surface area contributed by atoms with Crippen molar-refractivity contribution in [2.24, 2.45) is 5.92 Å². The summed E-state index contributed by atoms with van der Waals surface area (Å²) in [6.45, 7) is 2.70. The summed E-state index contributed by atoms with van der Waals surface area (Å²) in [5.41, 5.74) is 1.74. The number of hydrogen-bond donors (Lipinski definition) is 1. The van der Waals surface area contributed by atoms with Gasteiger partial charge in [0.05, 0.1) is 5.92 Å². The molecule has 3 amide bonds. The van der Waals surface area contributed by atoms with Crippen molar-refractivity contribution >= 4 is 29.2 Å². The van der Waals surface area contributed by atoms with Gasteiger partial charge in [-0.15, -0.1) is 0 Å². The molecule has 2 aliphatic heterocycles. The van der Waals surface area contributed by atoms with Gasteiger partial charge in [-0.25, -0.2) is 4.79 Å². The van der Waals surface area contributed by atoms with Gasteiger partial charge >= 0.3 is 6.03 Å². The van der Waals surface area contributed by atoms with E-state index in [0.29, 0.717) is 49.9 Å². The molecule has 4 rings (SSSR count). The van der Waals surface area contributed by atoms with Gasteiger partial charge in [-0.1, -0.05) is 35.9 Å². The number of halogens is 1. The molecule has 1 N–H and O–H groups in total. The van der Waals surface area contributed by atoms with Crippen molar-refractivity contribution in [1.82, 2.24) is 9.80 Å². The van der Waals surface area contributed by atoms with Gasteiger partial charge in [-0.3, -0.25) is 4.79 Å². The lowest BCUT2D eigenvalue weighted by atomic mass is 9.95. The number of nitrogens with one attached hydrogen (secondary N) is 1. The summed E-state index contributed by atoms with van der Waals surface area (Å²) in [4.78, 5) is 29.2. The summed E-state index contributed by atoms with van der Waals surface area (Å²) in [5.74, 6) is 0.810. The number of carbonyl (C=O) groups is 2.